The predicted octanol–water partition coefficient (Wildman–Crippen LogP) is 3.29. The van der Waals surface area contributed by atoms with Crippen molar-refractivity contribution in [2.45, 2.75) is 82.0 Å². The van der Waals surface area contributed by atoms with Gasteiger partial charge in [0.15, 0.2) is 11.5 Å². The number of ether oxygens (including phenoxy) is 2. The number of aldehydes is 1. The van der Waals surface area contributed by atoms with E-state index in [9.17, 15) is 24.6 Å². The van der Waals surface area contributed by atoms with Crippen LogP contribution in [0.4, 0.5) is 0 Å². The van der Waals surface area contributed by atoms with Gasteiger partial charge in [-0.05, 0) is 56.2 Å². The SMILES string of the molecule is C=CCCCCC(=O)N(CC1CCCCC1)[C@@H]1C=C(C(=O)NCCO)[C@@H]2c3cc(C=O)cc(OC)c3O[C@@H]2[C@H]1O. The van der Waals surface area contributed by atoms with Gasteiger partial charge in [-0.3, -0.25) is 14.4 Å². The van der Waals surface area contributed by atoms with E-state index < -0.39 is 30.1 Å². The van der Waals surface area contributed by atoms with Crippen molar-refractivity contribution in [1.82, 2.24) is 10.2 Å². The van der Waals surface area contributed by atoms with Gasteiger partial charge in [0.2, 0.25) is 11.8 Å². The molecule has 0 unspecified atom stereocenters. The molecule has 2 aliphatic carbocycles. The largest absolute Gasteiger partial charge is 0.493 e. The van der Waals surface area contributed by atoms with Crippen LogP contribution in [0.1, 0.15) is 79.6 Å². The Hall–Kier alpha value is -3.17. The van der Waals surface area contributed by atoms with E-state index in [0.29, 0.717) is 59.8 Å². The van der Waals surface area contributed by atoms with Crippen molar-refractivity contribution >= 4 is 18.1 Å². The minimum absolute atomic E-state index is 0.0557. The number of allylic oxidation sites excluding steroid dienone is 1. The van der Waals surface area contributed by atoms with Crippen molar-refractivity contribution in [3.63, 3.8) is 0 Å². The van der Waals surface area contributed by atoms with Crippen molar-refractivity contribution < 1.29 is 34.1 Å². The van der Waals surface area contributed by atoms with Crippen molar-refractivity contribution in [2.75, 3.05) is 26.8 Å². The number of aliphatic hydroxyl groups excluding tert-OH is 2. The second kappa shape index (κ2) is 13.9. The van der Waals surface area contributed by atoms with E-state index in [2.05, 4.69) is 11.9 Å². The highest BCUT2D eigenvalue weighted by Gasteiger charge is 2.51. The summed E-state index contributed by atoms with van der Waals surface area (Å²) in [4.78, 5) is 40.6. The minimum atomic E-state index is -1.11. The third-order valence-electron chi connectivity index (χ3n) is 8.32. The second-order valence-corrected chi connectivity index (χ2v) is 11.0. The summed E-state index contributed by atoms with van der Waals surface area (Å²) in [5.41, 5.74) is 1.27. The summed E-state index contributed by atoms with van der Waals surface area (Å²) in [7, 11) is 1.47. The van der Waals surface area contributed by atoms with Crippen LogP contribution in [0.25, 0.3) is 0 Å². The molecule has 40 heavy (non-hydrogen) atoms. The van der Waals surface area contributed by atoms with Crippen LogP contribution in [0, 0.1) is 5.92 Å². The minimum Gasteiger partial charge on any atom is -0.493 e. The molecule has 1 aromatic rings. The maximum atomic E-state index is 13.7. The number of nitrogens with one attached hydrogen (secondary N) is 1. The lowest BCUT2D eigenvalue weighted by atomic mass is 9.76. The normalized spacial score (nSPS) is 23.7. The lowest BCUT2D eigenvalue weighted by Gasteiger charge is -2.42. The Morgan fingerprint density at radius 1 is 1.23 bits per heavy atom. The molecule has 9 nitrogen and oxygen atoms in total. The van der Waals surface area contributed by atoms with Crippen LogP contribution in [0.3, 0.4) is 0 Å². The van der Waals surface area contributed by atoms with Crippen LogP contribution in [0.15, 0.2) is 36.4 Å². The molecular weight excluding hydrogens is 512 g/mol. The quantitative estimate of drug-likeness (QED) is 0.194. The number of methoxy groups -OCH3 is 1. The number of aliphatic hydroxyl groups is 2. The third-order valence-corrected chi connectivity index (χ3v) is 8.32. The monoisotopic (exact) mass is 554 g/mol. The Bertz CT molecular complexity index is 1110. The second-order valence-electron chi connectivity index (χ2n) is 11.0. The van der Waals surface area contributed by atoms with Gasteiger partial charge in [-0.1, -0.05) is 25.3 Å². The van der Waals surface area contributed by atoms with E-state index in [4.69, 9.17) is 9.47 Å². The molecule has 3 N–H and O–H groups in total. The highest BCUT2D eigenvalue weighted by atomic mass is 16.5. The molecule has 0 bridgehead atoms. The Morgan fingerprint density at radius 3 is 2.67 bits per heavy atom. The van der Waals surface area contributed by atoms with Crippen LogP contribution < -0.4 is 14.8 Å². The zero-order valence-electron chi connectivity index (χ0n) is 23.3. The van der Waals surface area contributed by atoms with E-state index in [0.717, 1.165) is 38.5 Å². The topological polar surface area (TPSA) is 125 Å². The lowest BCUT2D eigenvalue weighted by molar-refractivity contribution is -0.138. The molecule has 0 aromatic heterocycles. The fraction of sp³-hybridized carbons (Fsp3) is 0.581. The summed E-state index contributed by atoms with van der Waals surface area (Å²) >= 11 is 0. The Morgan fingerprint density at radius 2 is 2.00 bits per heavy atom. The van der Waals surface area contributed by atoms with E-state index >= 15 is 0 Å². The van der Waals surface area contributed by atoms with Gasteiger partial charge < -0.3 is 29.9 Å². The van der Waals surface area contributed by atoms with Gasteiger partial charge in [0.1, 0.15) is 18.5 Å². The van der Waals surface area contributed by atoms with E-state index in [-0.39, 0.29) is 19.1 Å². The molecule has 0 spiro atoms. The maximum absolute atomic E-state index is 13.7. The molecule has 1 aromatic carbocycles. The van der Waals surface area contributed by atoms with Crippen LogP contribution in [-0.2, 0) is 9.59 Å². The molecule has 0 radical (unpaired) electrons. The first-order valence-corrected chi connectivity index (χ1v) is 14.5. The summed E-state index contributed by atoms with van der Waals surface area (Å²) in [5.74, 6) is -0.104. The number of carbonyl (C=O) groups excluding carboxylic acids is 3. The summed E-state index contributed by atoms with van der Waals surface area (Å²) in [5, 5.41) is 23.8. The van der Waals surface area contributed by atoms with E-state index in [1.807, 2.05) is 6.08 Å². The van der Waals surface area contributed by atoms with E-state index in [1.165, 1.54) is 13.5 Å². The number of nitrogens with zero attached hydrogens (tertiary/aromatic N) is 1. The summed E-state index contributed by atoms with van der Waals surface area (Å²) < 4.78 is 11.8. The van der Waals surface area contributed by atoms with E-state index in [1.54, 1.807) is 23.1 Å². The lowest BCUT2D eigenvalue weighted by Crippen LogP contribution is -2.56. The summed E-state index contributed by atoms with van der Waals surface area (Å²) in [6, 6.07) is 2.45. The number of rotatable bonds is 13. The molecule has 218 valence electrons. The number of fused-ring (bicyclic) bond motifs is 3. The van der Waals surface area contributed by atoms with Crippen LogP contribution in [-0.4, -0.2) is 78.3 Å². The Labute approximate surface area is 236 Å². The molecule has 2 amide bonds. The standard InChI is InChI=1S/C31H42N2O7/c1-3-4-5-9-12-26(36)33(18-20-10-7-6-8-11-20)24-17-23(31(38)32-13-14-34)27-22-15-21(19-35)16-25(39-2)29(22)40-30(27)28(24)37/h3,15-17,19-20,24,27-28,30,34,37H,1,4-14,18H2,2H3,(H,32,38)/t24-,27+,28+,30+/m1/s1. The fourth-order valence-corrected chi connectivity index (χ4v) is 6.30. The Balaban J connectivity index is 1.73. The molecular formula is C31H42N2O7. The van der Waals surface area contributed by atoms with Gasteiger partial charge in [0, 0.05) is 36.2 Å². The zero-order chi connectivity index (χ0) is 28.6. The molecule has 3 aliphatic rings. The van der Waals surface area contributed by atoms with Gasteiger partial charge in [-0.15, -0.1) is 6.58 Å². The van der Waals surface area contributed by atoms with Gasteiger partial charge >= 0.3 is 0 Å². The Kier molecular flexibility index (Phi) is 10.4. The molecule has 4 atom stereocenters. The molecule has 1 saturated carbocycles. The molecule has 0 saturated heterocycles. The van der Waals surface area contributed by atoms with Crippen LogP contribution in [0.5, 0.6) is 11.5 Å². The fourth-order valence-electron chi connectivity index (χ4n) is 6.30. The predicted molar refractivity (Wildman–Crippen MR) is 150 cm³/mol. The molecule has 4 rings (SSSR count). The highest BCUT2D eigenvalue weighted by molar-refractivity contribution is 5.96. The van der Waals surface area contributed by atoms with Crippen molar-refractivity contribution in [3.8, 4) is 11.5 Å². The molecule has 9 heteroatoms. The van der Waals surface area contributed by atoms with Gasteiger partial charge in [0.25, 0.3) is 0 Å². The van der Waals surface area contributed by atoms with Crippen LogP contribution >= 0.6 is 0 Å². The van der Waals surface area contributed by atoms with Crippen LogP contribution in [0.2, 0.25) is 0 Å². The average molecular weight is 555 g/mol. The third kappa shape index (κ3) is 6.41. The zero-order valence-corrected chi connectivity index (χ0v) is 23.3. The van der Waals surface area contributed by atoms with Crippen molar-refractivity contribution in [3.05, 3.63) is 47.6 Å². The number of amides is 2. The summed E-state index contributed by atoms with van der Waals surface area (Å²) in [6.45, 7) is 4.09. The highest BCUT2D eigenvalue weighted by Crippen LogP contribution is 2.51. The first kappa shape index (κ1) is 29.8. The van der Waals surface area contributed by atoms with Gasteiger partial charge in [0.05, 0.1) is 25.7 Å². The number of benzene rings is 1. The first-order chi connectivity index (χ1) is 19.4. The average Bonchev–Trinajstić information content (AvgIpc) is 3.37. The summed E-state index contributed by atoms with van der Waals surface area (Å²) in [6.07, 6.45) is 10.5. The number of unbranched alkanes of at least 4 members (excludes halogenated alkanes) is 2. The van der Waals surface area contributed by atoms with Crippen molar-refractivity contribution in [1.29, 1.82) is 0 Å². The molecule has 1 heterocycles. The number of hydrogen-bond donors (Lipinski definition) is 3. The number of hydrogen-bond acceptors (Lipinski definition) is 7. The molecule has 1 aliphatic heterocycles. The smallest absolute Gasteiger partial charge is 0.247 e. The number of carbonyl (C=O) groups is 3. The van der Waals surface area contributed by atoms with Gasteiger partial charge in [-0.25, -0.2) is 0 Å². The van der Waals surface area contributed by atoms with Gasteiger partial charge in [-0.2, -0.15) is 0 Å². The first-order valence-electron chi connectivity index (χ1n) is 14.5. The molecule has 1 fully saturated rings. The van der Waals surface area contributed by atoms with Crippen molar-refractivity contribution in [2.24, 2.45) is 5.92 Å². The maximum Gasteiger partial charge on any atom is 0.247 e.